The topological polar surface area (TPSA) is 123 Å². The van der Waals surface area contributed by atoms with Gasteiger partial charge in [-0.25, -0.2) is 8.42 Å². The molecule has 11 nitrogen and oxygen atoms in total. The lowest BCUT2D eigenvalue weighted by atomic mass is 9.92. The SMILES string of the molecule is C=CC(=O)N1CCN(c2nc(OCC3(CN(C)C)CS(=O)(=O)C3)nc3c2CCN(c2cccc4cccc(Cl)c24)C3)CC1CC#N. The van der Waals surface area contributed by atoms with Crippen LogP contribution in [0.5, 0.6) is 6.01 Å². The molecule has 1 unspecified atom stereocenters. The third kappa shape index (κ3) is 6.36. The first-order chi connectivity index (χ1) is 22.0. The molecule has 0 aliphatic carbocycles. The molecule has 1 atom stereocenters. The summed E-state index contributed by atoms with van der Waals surface area (Å²) in [6, 6.07) is 14.1. The van der Waals surface area contributed by atoms with Gasteiger partial charge < -0.3 is 24.3 Å². The Labute approximate surface area is 274 Å². The van der Waals surface area contributed by atoms with Crippen LogP contribution in [-0.4, -0.2) is 105 Å². The minimum Gasteiger partial charge on any atom is -0.463 e. The van der Waals surface area contributed by atoms with Crippen LogP contribution in [0.4, 0.5) is 11.5 Å². The second-order valence-electron chi connectivity index (χ2n) is 12.8. The Morgan fingerprint density at radius 3 is 2.63 bits per heavy atom. The molecule has 4 heterocycles. The van der Waals surface area contributed by atoms with Gasteiger partial charge in [0.2, 0.25) is 5.91 Å². The highest BCUT2D eigenvalue weighted by molar-refractivity contribution is 7.92. The van der Waals surface area contributed by atoms with Gasteiger partial charge in [0, 0.05) is 54.8 Å². The Hall–Kier alpha value is -3.92. The molecule has 0 saturated carbocycles. The molecule has 3 aliphatic rings. The summed E-state index contributed by atoms with van der Waals surface area (Å²) in [7, 11) is 0.736. The molecule has 2 fully saturated rings. The fourth-order valence-corrected chi connectivity index (χ4v) is 9.60. The quantitative estimate of drug-likeness (QED) is 0.315. The summed E-state index contributed by atoms with van der Waals surface area (Å²) >= 11 is 6.69. The number of ether oxygens (including phenoxy) is 1. The zero-order chi connectivity index (χ0) is 32.6. The van der Waals surface area contributed by atoms with E-state index in [0.717, 1.165) is 33.5 Å². The maximum Gasteiger partial charge on any atom is 0.318 e. The number of piperazine rings is 1. The van der Waals surface area contributed by atoms with E-state index in [0.29, 0.717) is 50.7 Å². The summed E-state index contributed by atoms with van der Waals surface area (Å²) in [6.07, 6.45) is 2.14. The van der Waals surface area contributed by atoms with Crippen LogP contribution in [0.2, 0.25) is 5.02 Å². The molecule has 3 aliphatic heterocycles. The smallest absolute Gasteiger partial charge is 0.318 e. The van der Waals surface area contributed by atoms with Gasteiger partial charge >= 0.3 is 6.01 Å². The normalized spacial score (nSPS) is 20.2. The summed E-state index contributed by atoms with van der Waals surface area (Å²) in [5, 5.41) is 12.3. The molecule has 2 aromatic carbocycles. The van der Waals surface area contributed by atoms with E-state index >= 15 is 0 Å². The summed E-state index contributed by atoms with van der Waals surface area (Å²) in [5.74, 6) is 0.647. The van der Waals surface area contributed by atoms with E-state index in [1.165, 1.54) is 6.08 Å². The number of carbonyl (C=O) groups is 1. The first-order valence-corrected chi connectivity index (χ1v) is 17.6. The van der Waals surface area contributed by atoms with E-state index in [2.05, 4.69) is 28.5 Å². The fourth-order valence-electron chi connectivity index (χ4n) is 7.19. The number of nitriles is 1. The molecule has 0 spiro atoms. The molecule has 1 aromatic heterocycles. The van der Waals surface area contributed by atoms with Crippen molar-refractivity contribution in [2.45, 2.75) is 25.4 Å². The number of hydrogen-bond donors (Lipinski definition) is 0. The maximum absolute atomic E-state index is 12.6. The Balaban J connectivity index is 1.35. The monoisotopic (exact) mass is 663 g/mol. The minimum atomic E-state index is -3.10. The predicted octanol–water partition coefficient (Wildman–Crippen LogP) is 3.32. The van der Waals surface area contributed by atoms with E-state index < -0.39 is 15.3 Å². The molecular formula is C33H38ClN7O4S. The molecule has 3 aromatic rings. The summed E-state index contributed by atoms with van der Waals surface area (Å²) in [5.41, 5.74) is 2.30. The highest BCUT2D eigenvalue weighted by atomic mass is 35.5. The molecule has 1 amide bonds. The van der Waals surface area contributed by atoms with Crippen LogP contribution in [-0.2, 0) is 27.6 Å². The van der Waals surface area contributed by atoms with Crippen molar-refractivity contribution in [3.05, 3.63) is 65.3 Å². The number of amides is 1. The van der Waals surface area contributed by atoms with Crippen LogP contribution in [0.15, 0.2) is 49.1 Å². The number of carbonyl (C=O) groups excluding carboxylic acids is 1. The largest absolute Gasteiger partial charge is 0.463 e. The molecule has 2 saturated heterocycles. The zero-order valence-corrected chi connectivity index (χ0v) is 27.7. The number of anilines is 2. The van der Waals surface area contributed by atoms with Crippen molar-refractivity contribution >= 4 is 49.6 Å². The Kier molecular flexibility index (Phi) is 8.85. The van der Waals surface area contributed by atoms with Crippen molar-refractivity contribution in [3.63, 3.8) is 0 Å². The Morgan fingerprint density at radius 1 is 1.17 bits per heavy atom. The van der Waals surface area contributed by atoms with E-state index in [9.17, 15) is 18.5 Å². The molecule has 13 heteroatoms. The van der Waals surface area contributed by atoms with E-state index in [-0.39, 0.29) is 42.5 Å². The van der Waals surface area contributed by atoms with Gasteiger partial charge in [0.1, 0.15) is 12.4 Å². The highest BCUT2D eigenvalue weighted by Gasteiger charge is 2.49. The average Bonchev–Trinajstić information content (AvgIpc) is 3.01. The number of halogens is 1. The van der Waals surface area contributed by atoms with E-state index in [1.807, 2.05) is 49.3 Å². The number of rotatable bonds is 9. The standard InChI is InChI=1S/C33H38ClN7O4S/c1-4-29(42)41-16-15-40(17-24(41)11-13-35)31-25-12-14-39(28-10-6-8-23-7-5-9-26(34)30(23)28)18-27(25)36-32(37-31)45-20-33(19-38(2)3)21-46(43,44)22-33/h4-10,24H,1,11-12,14-22H2,2-3H3. The third-order valence-corrected chi connectivity index (χ3v) is 11.4. The van der Waals surface area contributed by atoms with Crippen LogP contribution in [0.3, 0.4) is 0 Å². The number of aromatic nitrogens is 2. The summed E-state index contributed by atoms with van der Waals surface area (Å²) in [4.78, 5) is 30.5. The lowest BCUT2D eigenvalue weighted by Crippen LogP contribution is -2.57. The molecule has 242 valence electrons. The van der Waals surface area contributed by atoms with E-state index in [4.69, 9.17) is 26.3 Å². The number of benzene rings is 2. The van der Waals surface area contributed by atoms with Crippen LogP contribution in [0, 0.1) is 16.7 Å². The van der Waals surface area contributed by atoms with Gasteiger partial charge in [-0.2, -0.15) is 15.2 Å². The third-order valence-electron chi connectivity index (χ3n) is 8.97. The van der Waals surface area contributed by atoms with Crippen LogP contribution < -0.4 is 14.5 Å². The first kappa shape index (κ1) is 32.0. The molecule has 0 bridgehead atoms. The predicted molar refractivity (Wildman–Crippen MR) is 179 cm³/mol. The highest BCUT2D eigenvalue weighted by Crippen LogP contribution is 2.38. The van der Waals surface area contributed by atoms with Gasteiger partial charge in [-0.05, 0) is 44.1 Å². The van der Waals surface area contributed by atoms with Crippen molar-refractivity contribution in [2.24, 2.45) is 5.41 Å². The molecule has 0 N–H and O–H groups in total. The fraction of sp³-hybridized carbons (Fsp3) is 0.455. The van der Waals surface area contributed by atoms with Crippen molar-refractivity contribution < 1.29 is 17.9 Å². The maximum atomic E-state index is 12.6. The number of fused-ring (bicyclic) bond motifs is 2. The molecular weight excluding hydrogens is 626 g/mol. The van der Waals surface area contributed by atoms with Crippen LogP contribution in [0.1, 0.15) is 17.7 Å². The van der Waals surface area contributed by atoms with Crippen molar-refractivity contribution in [1.29, 1.82) is 5.26 Å². The summed E-state index contributed by atoms with van der Waals surface area (Å²) in [6.45, 7) is 6.97. The van der Waals surface area contributed by atoms with Crippen molar-refractivity contribution in [3.8, 4) is 12.1 Å². The minimum absolute atomic E-state index is 0.0563. The molecule has 46 heavy (non-hydrogen) atoms. The zero-order valence-electron chi connectivity index (χ0n) is 26.2. The molecule has 0 radical (unpaired) electrons. The van der Waals surface area contributed by atoms with Gasteiger partial charge in [-0.15, -0.1) is 0 Å². The van der Waals surface area contributed by atoms with Gasteiger partial charge in [0.05, 0.1) is 47.3 Å². The first-order valence-electron chi connectivity index (χ1n) is 15.4. The Morgan fingerprint density at radius 2 is 1.93 bits per heavy atom. The molecule has 6 rings (SSSR count). The average molecular weight is 664 g/mol. The second-order valence-corrected chi connectivity index (χ2v) is 15.3. The number of sulfone groups is 1. The van der Waals surface area contributed by atoms with Crippen molar-refractivity contribution in [2.75, 3.05) is 74.7 Å². The van der Waals surface area contributed by atoms with Crippen LogP contribution >= 0.6 is 11.6 Å². The second kappa shape index (κ2) is 12.7. The van der Waals surface area contributed by atoms with Gasteiger partial charge in [0.25, 0.3) is 0 Å². The number of hydrogen-bond acceptors (Lipinski definition) is 10. The van der Waals surface area contributed by atoms with Gasteiger partial charge in [-0.1, -0.05) is 42.4 Å². The summed E-state index contributed by atoms with van der Waals surface area (Å²) < 4.78 is 30.7. The lowest BCUT2D eigenvalue weighted by molar-refractivity contribution is -0.128. The van der Waals surface area contributed by atoms with Gasteiger partial charge in [-0.3, -0.25) is 4.79 Å². The van der Waals surface area contributed by atoms with Crippen molar-refractivity contribution in [1.82, 2.24) is 19.8 Å². The van der Waals surface area contributed by atoms with E-state index in [1.54, 1.807) is 4.90 Å². The number of nitrogens with zero attached hydrogens (tertiary/aromatic N) is 7. The van der Waals surface area contributed by atoms with Crippen LogP contribution in [0.25, 0.3) is 10.8 Å². The Bertz CT molecular complexity index is 1810. The lowest BCUT2D eigenvalue weighted by Gasteiger charge is -2.43. The van der Waals surface area contributed by atoms with Gasteiger partial charge in [0.15, 0.2) is 9.84 Å².